The molecule has 0 bridgehead atoms. The number of nitrogens with zero attached hydrogens (tertiary/aromatic N) is 1. The molecule has 0 unspecified atom stereocenters. The maximum Gasteiger partial charge on any atom is 0.409 e. The number of hydrogen-bond donors (Lipinski definition) is 0. The lowest BCUT2D eigenvalue weighted by molar-refractivity contribution is 0.115. The Morgan fingerprint density at radius 2 is 1.85 bits per heavy atom. The van der Waals surface area contributed by atoms with Gasteiger partial charge in [-0.1, -0.05) is 19.7 Å². The molecule has 0 aromatic rings. The Balaban J connectivity index is 0.000000671. The third-order valence-corrected chi connectivity index (χ3v) is 1.97. The van der Waals surface area contributed by atoms with E-state index in [4.69, 9.17) is 7.85 Å². The van der Waals surface area contributed by atoms with Crippen LogP contribution in [-0.4, -0.2) is 39.0 Å². The summed E-state index contributed by atoms with van der Waals surface area (Å²) >= 11 is 0. The summed E-state index contributed by atoms with van der Waals surface area (Å²) in [5.41, 5.74) is 0. The van der Waals surface area contributed by atoms with Crippen molar-refractivity contribution in [3.8, 4) is 0 Å². The standard InChI is InChI=1S/C7H12BNO2.C2H6/c1-11-7(10)9-4-2-6(8)3-5-9;1-2/h6H,2-5H2,1H3;1-2H3. The molecule has 1 aliphatic rings. The molecule has 1 rings (SSSR count). The van der Waals surface area contributed by atoms with Gasteiger partial charge in [-0.15, -0.1) is 0 Å². The van der Waals surface area contributed by atoms with E-state index in [2.05, 4.69) is 4.74 Å². The molecular formula is C9H18BNO2. The van der Waals surface area contributed by atoms with Crippen LogP contribution in [0.1, 0.15) is 26.7 Å². The van der Waals surface area contributed by atoms with Gasteiger partial charge in [-0.3, -0.25) is 0 Å². The monoisotopic (exact) mass is 183 g/mol. The summed E-state index contributed by atoms with van der Waals surface area (Å²) in [6, 6.07) is 0. The number of carbonyl (C=O) groups excluding carboxylic acids is 1. The maximum atomic E-state index is 10.9. The van der Waals surface area contributed by atoms with Gasteiger partial charge in [0.2, 0.25) is 0 Å². The van der Waals surface area contributed by atoms with Crippen LogP contribution in [-0.2, 0) is 4.74 Å². The van der Waals surface area contributed by atoms with E-state index in [0.717, 1.165) is 25.9 Å². The van der Waals surface area contributed by atoms with Gasteiger partial charge >= 0.3 is 6.09 Å². The second-order valence-electron chi connectivity index (χ2n) is 2.79. The predicted octanol–water partition coefficient (Wildman–Crippen LogP) is 1.83. The molecule has 4 heteroatoms. The first-order valence-electron chi connectivity index (χ1n) is 4.82. The molecule has 0 aromatic heterocycles. The van der Waals surface area contributed by atoms with Crippen molar-refractivity contribution in [1.82, 2.24) is 4.90 Å². The highest BCUT2D eigenvalue weighted by Gasteiger charge is 2.19. The molecule has 0 saturated carbocycles. The summed E-state index contributed by atoms with van der Waals surface area (Å²) in [7, 11) is 7.06. The number of methoxy groups -OCH3 is 1. The van der Waals surface area contributed by atoms with Gasteiger partial charge in [0.1, 0.15) is 0 Å². The molecule has 1 saturated heterocycles. The van der Waals surface area contributed by atoms with Crippen molar-refractivity contribution in [2.24, 2.45) is 0 Å². The topological polar surface area (TPSA) is 29.5 Å². The second-order valence-corrected chi connectivity index (χ2v) is 2.79. The van der Waals surface area contributed by atoms with Crippen molar-refractivity contribution in [3.05, 3.63) is 0 Å². The van der Waals surface area contributed by atoms with E-state index < -0.39 is 0 Å². The predicted molar refractivity (Wildman–Crippen MR) is 54.1 cm³/mol. The first-order valence-corrected chi connectivity index (χ1v) is 4.82. The second kappa shape index (κ2) is 6.81. The minimum Gasteiger partial charge on any atom is -0.453 e. The third-order valence-electron chi connectivity index (χ3n) is 1.97. The van der Waals surface area contributed by atoms with Gasteiger partial charge in [0.05, 0.1) is 15.0 Å². The fourth-order valence-corrected chi connectivity index (χ4v) is 1.21. The highest BCUT2D eigenvalue weighted by molar-refractivity contribution is 6.11. The van der Waals surface area contributed by atoms with Crippen molar-refractivity contribution in [2.45, 2.75) is 32.5 Å². The van der Waals surface area contributed by atoms with Crippen LogP contribution in [0, 0.1) is 0 Å². The number of likely N-dealkylation sites (tertiary alicyclic amines) is 1. The highest BCUT2D eigenvalue weighted by Crippen LogP contribution is 2.18. The summed E-state index contributed by atoms with van der Waals surface area (Å²) < 4.78 is 4.57. The summed E-state index contributed by atoms with van der Waals surface area (Å²) in [5.74, 6) is 0.260. The average Bonchev–Trinajstić information content (AvgIpc) is 2.21. The normalized spacial score (nSPS) is 17.3. The molecule has 0 atom stereocenters. The van der Waals surface area contributed by atoms with Gasteiger partial charge < -0.3 is 9.64 Å². The van der Waals surface area contributed by atoms with Gasteiger partial charge in [-0.25, -0.2) is 4.79 Å². The Hall–Kier alpha value is -0.665. The van der Waals surface area contributed by atoms with Gasteiger partial charge in [0.25, 0.3) is 0 Å². The van der Waals surface area contributed by atoms with E-state index >= 15 is 0 Å². The van der Waals surface area contributed by atoms with Crippen LogP contribution >= 0.6 is 0 Å². The lowest BCUT2D eigenvalue weighted by Gasteiger charge is -2.29. The van der Waals surface area contributed by atoms with E-state index in [-0.39, 0.29) is 11.9 Å². The molecule has 13 heavy (non-hydrogen) atoms. The van der Waals surface area contributed by atoms with Crippen molar-refractivity contribution < 1.29 is 9.53 Å². The first kappa shape index (κ1) is 12.3. The van der Waals surface area contributed by atoms with Crippen LogP contribution in [0.2, 0.25) is 5.82 Å². The fraction of sp³-hybridized carbons (Fsp3) is 0.889. The maximum absolute atomic E-state index is 10.9. The molecular weight excluding hydrogens is 165 g/mol. The lowest BCUT2D eigenvalue weighted by atomic mass is 9.80. The molecule has 3 nitrogen and oxygen atoms in total. The van der Waals surface area contributed by atoms with Crippen LogP contribution < -0.4 is 0 Å². The van der Waals surface area contributed by atoms with Crippen LogP contribution in [0.5, 0.6) is 0 Å². The van der Waals surface area contributed by atoms with Gasteiger partial charge in [0.15, 0.2) is 0 Å². The molecule has 0 aliphatic carbocycles. The molecule has 0 N–H and O–H groups in total. The zero-order valence-electron chi connectivity index (χ0n) is 8.75. The van der Waals surface area contributed by atoms with Crippen molar-refractivity contribution in [1.29, 1.82) is 0 Å². The largest absolute Gasteiger partial charge is 0.453 e. The van der Waals surface area contributed by atoms with E-state index in [1.165, 1.54) is 7.11 Å². The Kier molecular flexibility index (Phi) is 6.46. The molecule has 1 heterocycles. The Labute approximate surface area is 81.8 Å². The van der Waals surface area contributed by atoms with Gasteiger partial charge in [-0.2, -0.15) is 0 Å². The van der Waals surface area contributed by atoms with Crippen LogP contribution in [0.15, 0.2) is 0 Å². The van der Waals surface area contributed by atoms with Crippen LogP contribution in [0.4, 0.5) is 4.79 Å². The smallest absolute Gasteiger partial charge is 0.409 e. The number of piperidine rings is 1. The minimum absolute atomic E-state index is 0.239. The van der Waals surface area contributed by atoms with E-state index in [1.807, 2.05) is 13.8 Å². The fourth-order valence-electron chi connectivity index (χ4n) is 1.21. The molecule has 1 amide bonds. The Morgan fingerprint density at radius 3 is 2.23 bits per heavy atom. The van der Waals surface area contributed by atoms with Crippen molar-refractivity contribution in [2.75, 3.05) is 20.2 Å². The van der Waals surface area contributed by atoms with Crippen LogP contribution in [0.25, 0.3) is 0 Å². The number of hydrogen-bond acceptors (Lipinski definition) is 2. The zero-order chi connectivity index (χ0) is 10.3. The summed E-state index contributed by atoms with van der Waals surface area (Å²) in [6.45, 7) is 5.46. The molecule has 2 radical (unpaired) electrons. The number of rotatable bonds is 0. The Bertz CT molecular complexity index is 145. The van der Waals surface area contributed by atoms with Crippen LogP contribution in [0.3, 0.4) is 0 Å². The molecule has 0 spiro atoms. The quantitative estimate of drug-likeness (QED) is 0.536. The van der Waals surface area contributed by atoms with Gasteiger partial charge in [0, 0.05) is 13.1 Å². The minimum atomic E-state index is -0.239. The van der Waals surface area contributed by atoms with Crippen molar-refractivity contribution >= 4 is 13.9 Å². The lowest BCUT2D eigenvalue weighted by Crippen LogP contribution is -2.37. The molecule has 0 aromatic carbocycles. The highest BCUT2D eigenvalue weighted by atomic mass is 16.5. The Morgan fingerprint density at radius 1 is 1.38 bits per heavy atom. The zero-order valence-corrected chi connectivity index (χ0v) is 8.75. The van der Waals surface area contributed by atoms with E-state index in [0.29, 0.717) is 0 Å². The summed E-state index contributed by atoms with van der Waals surface area (Å²) in [5, 5.41) is 0. The summed E-state index contributed by atoms with van der Waals surface area (Å²) in [4.78, 5) is 12.6. The first-order chi connectivity index (χ1) is 6.24. The number of ether oxygens (including phenoxy) is 1. The number of carbonyl (C=O) groups is 1. The number of amides is 1. The van der Waals surface area contributed by atoms with Crippen molar-refractivity contribution in [3.63, 3.8) is 0 Å². The van der Waals surface area contributed by atoms with E-state index in [9.17, 15) is 4.79 Å². The molecule has 74 valence electrons. The summed E-state index contributed by atoms with van der Waals surface area (Å²) in [6.07, 6.45) is 1.53. The third kappa shape index (κ3) is 4.20. The average molecular weight is 183 g/mol. The van der Waals surface area contributed by atoms with Gasteiger partial charge in [-0.05, 0) is 12.8 Å². The molecule has 1 fully saturated rings. The molecule has 1 aliphatic heterocycles. The van der Waals surface area contributed by atoms with E-state index in [1.54, 1.807) is 4.90 Å². The SMILES string of the molecule is CC.[B]C1CCN(C(=O)OC)CC1.